The highest BCUT2D eigenvalue weighted by Crippen LogP contribution is 2.47. The second-order valence-electron chi connectivity index (χ2n) is 7.96. The summed E-state index contributed by atoms with van der Waals surface area (Å²) >= 11 is 0. The summed E-state index contributed by atoms with van der Waals surface area (Å²) < 4.78 is 0. The van der Waals surface area contributed by atoms with Crippen LogP contribution in [-0.2, 0) is 6.42 Å². The van der Waals surface area contributed by atoms with Gasteiger partial charge in [0.2, 0.25) is 0 Å². The SMILES string of the molecule is c1ccc(CCN[C@@H]2c3ccccc3-c3c(-c4nc5ccncc5[nH]4)cccc32)cc1. The molecule has 0 unspecified atom stereocenters. The van der Waals surface area contributed by atoms with Crippen LogP contribution in [0.2, 0.25) is 0 Å². The number of fused-ring (bicyclic) bond motifs is 4. The smallest absolute Gasteiger partial charge is 0.139 e. The van der Waals surface area contributed by atoms with Gasteiger partial charge >= 0.3 is 0 Å². The highest BCUT2D eigenvalue weighted by Gasteiger charge is 2.30. The minimum Gasteiger partial charge on any atom is -0.337 e. The number of aromatic amines is 1. The number of rotatable bonds is 5. The van der Waals surface area contributed by atoms with Crippen LogP contribution < -0.4 is 5.32 Å². The molecular weight excluding hydrogens is 380 g/mol. The van der Waals surface area contributed by atoms with Crippen LogP contribution >= 0.6 is 0 Å². The topological polar surface area (TPSA) is 53.6 Å². The van der Waals surface area contributed by atoms with E-state index in [2.05, 4.69) is 88.1 Å². The van der Waals surface area contributed by atoms with E-state index in [-0.39, 0.29) is 6.04 Å². The first kappa shape index (κ1) is 18.0. The lowest BCUT2D eigenvalue weighted by Crippen LogP contribution is -2.23. The average Bonchev–Trinajstić information content (AvgIpc) is 3.40. The standard InChI is InChI=1S/C27H22N4/c1-2-7-18(8-3-1)13-16-29-26-20-10-5-4-9-19(20)25-21(26)11-6-12-22(25)27-30-23-14-15-28-17-24(23)31-27/h1-12,14-15,17,26,29H,13,16H2,(H,30,31)/t26-/m1/s1. The highest BCUT2D eigenvalue weighted by molar-refractivity contribution is 5.91. The van der Waals surface area contributed by atoms with Crippen LogP contribution in [-0.4, -0.2) is 21.5 Å². The molecule has 1 atom stereocenters. The summed E-state index contributed by atoms with van der Waals surface area (Å²) in [6.07, 6.45) is 4.62. The molecule has 2 N–H and O–H groups in total. The van der Waals surface area contributed by atoms with Gasteiger partial charge in [0.25, 0.3) is 0 Å². The predicted octanol–water partition coefficient (Wildman–Crippen LogP) is 5.53. The number of hydrogen-bond acceptors (Lipinski definition) is 3. The number of nitrogens with zero attached hydrogens (tertiary/aromatic N) is 2. The van der Waals surface area contributed by atoms with Crippen molar-refractivity contribution >= 4 is 11.0 Å². The molecule has 0 bridgehead atoms. The van der Waals surface area contributed by atoms with E-state index in [1.807, 2.05) is 12.3 Å². The largest absolute Gasteiger partial charge is 0.337 e. The molecule has 0 radical (unpaired) electrons. The minimum absolute atomic E-state index is 0.181. The van der Waals surface area contributed by atoms with Crippen LogP contribution in [0.25, 0.3) is 33.5 Å². The number of nitrogens with one attached hydrogen (secondary N) is 2. The molecule has 2 heterocycles. The zero-order valence-corrected chi connectivity index (χ0v) is 17.0. The average molecular weight is 403 g/mol. The second-order valence-corrected chi connectivity index (χ2v) is 7.96. The Balaban J connectivity index is 1.40. The van der Waals surface area contributed by atoms with Crippen molar-refractivity contribution in [3.63, 3.8) is 0 Å². The number of aromatic nitrogens is 3. The lowest BCUT2D eigenvalue weighted by atomic mass is 9.99. The molecule has 3 aromatic carbocycles. The van der Waals surface area contributed by atoms with E-state index in [0.29, 0.717) is 0 Å². The van der Waals surface area contributed by atoms with Crippen LogP contribution in [0.1, 0.15) is 22.7 Å². The third-order valence-electron chi connectivity index (χ3n) is 6.09. The van der Waals surface area contributed by atoms with Gasteiger partial charge in [0.1, 0.15) is 5.82 Å². The van der Waals surface area contributed by atoms with Crippen LogP contribution in [0.4, 0.5) is 0 Å². The van der Waals surface area contributed by atoms with E-state index in [9.17, 15) is 0 Å². The van der Waals surface area contributed by atoms with Gasteiger partial charge in [0, 0.05) is 18.3 Å². The summed E-state index contributed by atoms with van der Waals surface area (Å²) in [6, 6.07) is 28.0. The molecule has 0 aliphatic heterocycles. The summed E-state index contributed by atoms with van der Waals surface area (Å²) in [5.74, 6) is 0.889. The third-order valence-corrected chi connectivity index (χ3v) is 6.09. The molecule has 1 aliphatic carbocycles. The first-order valence-electron chi connectivity index (χ1n) is 10.7. The van der Waals surface area contributed by atoms with Gasteiger partial charge in [-0.3, -0.25) is 4.98 Å². The fourth-order valence-corrected chi connectivity index (χ4v) is 4.66. The Labute approximate surface area is 181 Å². The summed E-state index contributed by atoms with van der Waals surface area (Å²) in [5, 5.41) is 3.81. The van der Waals surface area contributed by atoms with Crippen LogP contribution in [0, 0.1) is 0 Å². The fraction of sp³-hybridized carbons (Fsp3) is 0.111. The Morgan fingerprint density at radius 3 is 2.52 bits per heavy atom. The minimum atomic E-state index is 0.181. The fourth-order valence-electron chi connectivity index (χ4n) is 4.66. The molecule has 6 rings (SSSR count). The summed E-state index contributed by atoms with van der Waals surface area (Å²) in [7, 11) is 0. The van der Waals surface area contributed by atoms with Crippen molar-refractivity contribution in [3.8, 4) is 22.5 Å². The molecule has 31 heavy (non-hydrogen) atoms. The molecule has 2 aromatic heterocycles. The van der Waals surface area contributed by atoms with Crippen LogP contribution in [0.3, 0.4) is 0 Å². The van der Waals surface area contributed by atoms with Crippen molar-refractivity contribution in [2.24, 2.45) is 0 Å². The zero-order chi connectivity index (χ0) is 20.6. The van der Waals surface area contributed by atoms with Crippen molar-refractivity contribution in [1.29, 1.82) is 0 Å². The number of benzene rings is 3. The van der Waals surface area contributed by atoms with E-state index in [1.165, 1.54) is 27.8 Å². The van der Waals surface area contributed by atoms with Crippen molar-refractivity contribution < 1.29 is 0 Å². The van der Waals surface area contributed by atoms with E-state index in [4.69, 9.17) is 4.98 Å². The van der Waals surface area contributed by atoms with Crippen molar-refractivity contribution in [3.05, 3.63) is 108 Å². The highest BCUT2D eigenvalue weighted by atomic mass is 14.9. The van der Waals surface area contributed by atoms with Gasteiger partial charge < -0.3 is 10.3 Å². The maximum Gasteiger partial charge on any atom is 0.139 e. The molecule has 0 spiro atoms. The van der Waals surface area contributed by atoms with Crippen molar-refractivity contribution in [1.82, 2.24) is 20.3 Å². The summed E-state index contributed by atoms with van der Waals surface area (Å²) in [6.45, 7) is 0.920. The number of H-pyrrole nitrogens is 1. The van der Waals surface area contributed by atoms with Crippen molar-refractivity contribution in [2.75, 3.05) is 6.54 Å². The van der Waals surface area contributed by atoms with Gasteiger partial charge in [0.05, 0.1) is 23.3 Å². The molecule has 1 aliphatic rings. The normalized spacial score (nSPS) is 14.5. The maximum absolute atomic E-state index is 4.84. The van der Waals surface area contributed by atoms with E-state index >= 15 is 0 Å². The molecule has 0 amide bonds. The Morgan fingerprint density at radius 2 is 1.61 bits per heavy atom. The van der Waals surface area contributed by atoms with E-state index < -0.39 is 0 Å². The monoisotopic (exact) mass is 402 g/mol. The first-order chi connectivity index (χ1) is 15.4. The van der Waals surface area contributed by atoms with Gasteiger partial charge in [0.15, 0.2) is 0 Å². The van der Waals surface area contributed by atoms with Gasteiger partial charge in [-0.25, -0.2) is 4.98 Å². The predicted molar refractivity (Wildman–Crippen MR) is 125 cm³/mol. The maximum atomic E-state index is 4.84. The van der Waals surface area contributed by atoms with Gasteiger partial charge in [-0.2, -0.15) is 0 Å². The Morgan fingerprint density at radius 1 is 0.806 bits per heavy atom. The Bertz CT molecular complexity index is 1340. The van der Waals surface area contributed by atoms with Crippen molar-refractivity contribution in [2.45, 2.75) is 12.5 Å². The Kier molecular flexibility index (Phi) is 4.36. The number of hydrogen-bond donors (Lipinski definition) is 2. The van der Waals surface area contributed by atoms with Crippen LogP contribution in [0.15, 0.2) is 91.3 Å². The van der Waals surface area contributed by atoms with Crippen LogP contribution in [0.5, 0.6) is 0 Å². The van der Waals surface area contributed by atoms with E-state index in [1.54, 1.807) is 6.20 Å². The second kappa shape index (κ2) is 7.49. The summed E-state index contributed by atoms with van der Waals surface area (Å²) in [4.78, 5) is 12.5. The molecule has 5 aromatic rings. The summed E-state index contributed by atoms with van der Waals surface area (Å²) in [5.41, 5.74) is 9.57. The molecule has 150 valence electrons. The molecule has 0 saturated carbocycles. The molecule has 4 heteroatoms. The molecule has 4 nitrogen and oxygen atoms in total. The van der Waals surface area contributed by atoms with E-state index in [0.717, 1.165) is 35.4 Å². The number of pyridine rings is 1. The molecule has 0 saturated heterocycles. The Hall–Kier alpha value is -3.76. The lowest BCUT2D eigenvalue weighted by Gasteiger charge is -2.16. The first-order valence-corrected chi connectivity index (χ1v) is 10.7. The van der Waals surface area contributed by atoms with Gasteiger partial charge in [-0.15, -0.1) is 0 Å². The van der Waals surface area contributed by atoms with Gasteiger partial charge in [-0.05, 0) is 40.3 Å². The van der Waals surface area contributed by atoms with Gasteiger partial charge in [-0.1, -0.05) is 72.8 Å². The third kappa shape index (κ3) is 3.13. The molecular formula is C27H22N4. The quantitative estimate of drug-likeness (QED) is 0.407. The number of imidazole rings is 1. The molecule has 0 fully saturated rings. The lowest BCUT2D eigenvalue weighted by molar-refractivity contribution is 0.616. The zero-order valence-electron chi connectivity index (χ0n) is 17.0.